The van der Waals surface area contributed by atoms with Crippen molar-refractivity contribution in [2.75, 3.05) is 4.90 Å². The Kier molecular flexibility index (Phi) is 5.65. The van der Waals surface area contributed by atoms with Crippen molar-refractivity contribution in [3.05, 3.63) is 140 Å². The molecule has 0 spiro atoms. The molecule has 0 unspecified atom stereocenters. The number of thiophene rings is 1. The second kappa shape index (κ2) is 9.58. The van der Waals surface area contributed by atoms with Crippen LogP contribution in [0.1, 0.15) is 0 Å². The molecular weight excluding hydrogens is 482 g/mol. The summed E-state index contributed by atoms with van der Waals surface area (Å²) in [6.07, 6.45) is 3.84. The number of hydrogen-bond donors (Lipinski definition) is 0. The van der Waals surface area contributed by atoms with Crippen LogP contribution in [0.4, 0.5) is 17.1 Å². The maximum atomic E-state index is 4.86. The van der Waals surface area contributed by atoms with E-state index in [1.54, 1.807) is 11.3 Å². The van der Waals surface area contributed by atoms with Crippen molar-refractivity contribution in [1.29, 1.82) is 0 Å². The highest BCUT2D eigenvalue weighted by Gasteiger charge is 2.15. The second-order valence-corrected chi connectivity index (χ2v) is 10.2. The fourth-order valence-corrected chi connectivity index (χ4v) is 6.01. The molecule has 0 fully saturated rings. The second-order valence-electron chi connectivity index (χ2n) is 9.15. The van der Waals surface area contributed by atoms with Gasteiger partial charge in [-0.25, -0.2) is 0 Å². The SMILES string of the molecule is c1ccc(N(c2cccc(-c3ccccn3)c2)c2cccc(-c3cc4c(cn3)sc3ccccc34)c2)cc1. The molecule has 7 aromatic rings. The molecule has 7 rings (SSSR count). The van der Waals surface area contributed by atoms with Crippen molar-refractivity contribution in [3.8, 4) is 22.5 Å². The predicted molar refractivity (Wildman–Crippen MR) is 160 cm³/mol. The van der Waals surface area contributed by atoms with E-state index in [4.69, 9.17) is 4.98 Å². The quantitative estimate of drug-likeness (QED) is 0.233. The topological polar surface area (TPSA) is 29.0 Å². The lowest BCUT2D eigenvalue weighted by molar-refractivity contribution is 1.27. The van der Waals surface area contributed by atoms with Gasteiger partial charge in [-0.1, -0.05) is 66.7 Å². The molecule has 180 valence electrons. The van der Waals surface area contributed by atoms with Crippen LogP contribution in [0.15, 0.2) is 140 Å². The summed E-state index contributed by atoms with van der Waals surface area (Å²) in [5.41, 5.74) is 7.33. The molecule has 0 saturated heterocycles. The van der Waals surface area contributed by atoms with E-state index in [0.29, 0.717) is 0 Å². The van der Waals surface area contributed by atoms with E-state index in [-0.39, 0.29) is 0 Å². The lowest BCUT2D eigenvalue weighted by Gasteiger charge is -2.26. The molecule has 4 heteroatoms. The Hall–Kier alpha value is -4.80. The van der Waals surface area contributed by atoms with Gasteiger partial charge in [-0.05, 0) is 60.7 Å². The molecule has 3 nitrogen and oxygen atoms in total. The van der Waals surface area contributed by atoms with Gasteiger partial charge >= 0.3 is 0 Å². The van der Waals surface area contributed by atoms with Gasteiger partial charge in [0.2, 0.25) is 0 Å². The molecule has 38 heavy (non-hydrogen) atoms. The van der Waals surface area contributed by atoms with Gasteiger partial charge in [-0.15, -0.1) is 11.3 Å². The molecule has 4 aromatic carbocycles. The van der Waals surface area contributed by atoms with Crippen LogP contribution in [0.5, 0.6) is 0 Å². The highest BCUT2D eigenvalue weighted by atomic mass is 32.1. The number of pyridine rings is 2. The summed E-state index contributed by atoms with van der Waals surface area (Å²) in [4.78, 5) is 11.7. The van der Waals surface area contributed by atoms with Gasteiger partial charge in [0, 0.05) is 56.1 Å². The Morgan fingerprint density at radius 3 is 1.92 bits per heavy atom. The van der Waals surface area contributed by atoms with Crippen LogP contribution < -0.4 is 4.90 Å². The summed E-state index contributed by atoms with van der Waals surface area (Å²) in [6, 6.07) is 44.5. The van der Waals surface area contributed by atoms with Crippen LogP contribution >= 0.6 is 11.3 Å². The molecule has 0 radical (unpaired) electrons. The molecule has 0 bridgehead atoms. The first-order valence-electron chi connectivity index (χ1n) is 12.6. The third kappa shape index (κ3) is 4.11. The van der Waals surface area contributed by atoms with Gasteiger partial charge in [0.25, 0.3) is 0 Å². The fraction of sp³-hybridized carbons (Fsp3) is 0. The zero-order valence-electron chi connectivity index (χ0n) is 20.5. The number of hydrogen-bond acceptors (Lipinski definition) is 4. The van der Waals surface area contributed by atoms with Crippen LogP contribution in [0, 0.1) is 0 Å². The van der Waals surface area contributed by atoms with Crippen molar-refractivity contribution >= 4 is 48.6 Å². The van der Waals surface area contributed by atoms with Crippen LogP contribution in [-0.4, -0.2) is 9.97 Å². The predicted octanol–water partition coefficient (Wildman–Crippen LogP) is 9.65. The molecule has 3 heterocycles. The fourth-order valence-electron chi connectivity index (χ4n) is 4.96. The van der Waals surface area contributed by atoms with Crippen LogP contribution in [0.2, 0.25) is 0 Å². The van der Waals surface area contributed by atoms with Gasteiger partial charge in [-0.2, -0.15) is 0 Å². The summed E-state index contributed by atoms with van der Waals surface area (Å²) >= 11 is 1.79. The van der Waals surface area contributed by atoms with Gasteiger partial charge < -0.3 is 4.90 Å². The monoisotopic (exact) mass is 505 g/mol. The number of fused-ring (bicyclic) bond motifs is 3. The number of para-hydroxylation sites is 1. The number of benzene rings is 4. The lowest BCUT2D eigenvalue weighted by Crippen LogP contribution is -2.10. The smallest absolute Gasteiger partial charge is 0.0710 e. The summed E-state index contributed by atoms with van der Waals surface area (Å²) in [6.45, 7) is 0. The van der Waals surface area contributed by atoms with E-state index in [1.807, 2.05) is 36.7 Å². The van der Waals surface area contributed by atoms with Crippen LogP contribution in [-0.2, 0) is 0 Å². The van der Waals surface area contributed by atoms with Crippen molar-refractivity contribution in [2.45, 2.75) is 0 Å². The minimum atomic E-state index is 0.955. The molecule has 0 amide bonds. The van der Waals surface area contributed by atoms with Crippen molar-refractivity contribution in [1.82, 2.24) is 9.97 Å². The summed E-state index contributed by atoms with van der Waals surface area (Å²) in [5.74, 6) is 0. The Morgan fingerprint density at radius 1 is 0.474 bits per heavy atom. The zero-order valence-corrected chi connectivity index (χ0v) is 21.3. The van der Waals surface area contributed by atoms with Crippen molar-refractivity contribution in [3.63, 3.8) is 0 Å². The highest BCUT2D eigenvalue weighted by molar-refractivity contribution is 7.25. The molecule has 0 saturated carbocycles. The first-order chi connectivity index (χ1) is 18.8. The standard InChI is InChI=1S/C34H23N3S/c1-2-12-26(13-3-1)37(27-14-8-10-24(20-27)31-17-6-7-19-35-31)28-15-9-11-25(21-28)32-22-30-29-16-4-5-18-33(29)38-34(30)23-36-32/h1-23H. The molecule has 0 aliphatic carbocycles. The molecule has 0 aliphatic heterocycles. The molecule has 0 aliphatic rings. The Morgan fingerprint density at radius 2 is 1.16 bits per heavy atom. The van der Waals surface area contributed by atoms with E-state index < -0.39 is 0 Å². The Bertz CT molecular complexity index is 1880. The Labute approximate surface area is 225 Å². The van der Waals surface area contributed by atoms with E-state index in [1.165, 1.54) is 20.2 Å². The number of aromatic nitrogens is 2. The van der Waals surface area contributed by atoms with Gasteiger partial charge in [0.05, 0.1) is 16.1 Å². The van der Waals surface area contributed by atoms with E-state index in [9.17, 15) is 0 Å². The number of rotatable bonds is 5. The molecule has 3 aromatic heterocycles. The normalized spacial score (nSPS) is 11.2. The van der Waals surface area contributed by atoms with E-state index in [0.717, 1.165) is 39.6 Å². The largest absolute Gasteiger partial charge is 0.310 e. The van der Waals surface area contributed by atoms with Crippen LogP contribution in [0.25, 0.3) is 42.7 Å². The summed E-state index contributed by atoms with van der Waals surface area (Å²) in [7, 11) is 0. The molecule has 0 N–H and O–H groups in total. The molecule has 0 atom stereocenters. The van der Waals surface area contributed by atoms with Crippen LogP contribution in [0.3, 0.4) is 0 Å². The zero-order chi connectivity index (χ0) is 25.3. The maximum absolute atomic E-state index is 4.86. The highest BCUT2D eigenvalue weighted by Crippen LogP contribution is 2.39. The van der Waals surface area contributed by atoms with E-state index in [2.05, 4.69) is 113 Å². The lowest BCUT2D eigenvalue weighted by atomic mass is 10.1. The maximum Gasteiger partial charge on any atom is 0.0710 e. The summed E-state index contributed by atoms with van der Waals surface area (Å²) in [5, 5.41) is 2.54. The van der Waals surface area contributed by atoms with E-state index >= 15 is 0 Å². The Balaban J connectivity index is 1.35. The summed E-state index contributed by atoms with van der Waals surface area (Å²) < 4.78 is 2.50. The molecular formula is C34H23N3S. The van der Waals surface area contributed by atoms with Crippen molar-refractivity contribution < 1.29 is 0 Å². The number of anilines is 3. The third-order valence-electron chi connectivity index (χ3n) is 6.74. The minimum absolute atomic E-state index is 0.955. The third-order valence-corrected chi connectivity index (χ3v) is 7.87. The average Bonchev–Trinajstić information content (AvgIpc) is 3.37. The first-order valence-corrected chi connectivity index (χ1v) is 13.4. The van der Waals surface area contributed by atoms with Crippen molar-refractivity contribution in [2.24, 2.45) is 0 Å². The minimum Gasteiger partial charge on any atom is -0.310 e. The first kappa shape index (κ1) is 22.4. The van der Waals surface area contributed by atoms with Gasteiger partial charge in [0.1, 0.15) is 0 Å². The number of nitrogens with zero attached hydrogens (tertiary/aromatic N) is 3. The van der Waals surface area contributed by atoms with Gasteiger partial charge in [-0.3, -0.25) is 9.97 Å². The van der Waals surface area contributed by atoms with Gasteiger partial charge in [0.15, 0.2) is 0 Å². The average molecular weight is 506 g/mol.